The molecule has 3 aliphatic rings. The highest BCUT2D eigenvalue weighted by Crippen LogP contribution is 2.22. The Hall–Kier alpha value is -2.45. The summed E-state index contributed by atoms with van der Waals surface area (Å²) in [5, 5.41) is 10.6. The first-order valence-corrected chi connectivity index (χ1v) is 6.58. The lowest BCUT2D eigenvalue weighted by Gasteiger charge is -2.30. The van der Waals surface area contributed by atoms with Crippen LogP contribution in [-0.2, 0) is 11.4 Å². The Kier molecular flexibility index (Phi) is 3.80. The highest BCUT2D eigenvalue weighted by atomic mass is 16.7. The Morgan fingerprint density at radius 3 is 3.05 bits per heavy atom. The molecule has 0 radical (unpaired) electrons. The number of aliphatic hydroxyl groups excluding tert-OH is 1. The van der Waals surface area contributed by atoms with Crippen LogP contribution in [0.5, 0.6) is 0 Å². The van der Waals surface area contributed by atoms with Crippen LogP contribution in [0.4, 0.5) is 5.82 Å². The third-order valence-corrected chi connectivity index (χ3v) is 3.17. The van der Waals surface area contributed by atoms with Crippen LogP contribution in [0, 0.1) is 0 Å². The van der Waals surface area contributed by atoms with Gasteiger partial charge in [-0.2, -0.15) is 0 Å². The summed E-state index contributed by atoms with van der Waals surface area (Å²) in [4.78, 5) is 17.8. The highest BCUT2D eigenvalue weighted by molar-refractivity contribution is 5.64. The maximum Gasteiger partial charge on any atom is 0.184 e. The molecule has 0 aliphatic carbocycles. The van der Waals surface area contributed by atoms with Gasteiger partial charge in [0.05, 0.1) is 32.1 Å². The van der Waals surface area contributed by atoms with E-state index in [0.717, 1.165) is 0 Å². The van der Waals surface area contributed by atoms with Crippen LogP contribution in [0.15, 0.2) is 37.1 Å². The highest BCUT2D eigenvalue weighted by Gasteiger charge is 2.19. The van der Waals surface area contributed by atoms with Crippen LogP contribution in [0.1, 0.15) is 0 Å². The fraction of sp³-hybridized carbons (Fsp3) is 0.308. The molecule has 0 saturated carbocycles. The number of nitrogens with zero attached hydrogens (tertiary/aromatic N) is 5. The number of hydrogen-bond donors (Lipinski definition) is 2. The van der Waals surface area contributed by atoms with Gasteiger partial charge < -0.3 is 15.4 Å². The SMILES string of the molecule is Nc1c2ncnc-2ncn1CC1C=CC=CN1OCCO. The number of fused-ring (bicyclic) bond motifs is 1. The van der Waals surface area contributed by atoms with E-state index in [1.807, 2.05) is 24.4 Å². The van der Waals surface area contributed by atoms with E-state index < -0.39 is 0 Å². The molecule has 1 unspecified atom stereocenters. The predicted molar refractivity (Wildman–Crippen MR) is 75.8 cm³/mol. The molecular formula is C13H16N6O2. The van der Waals surface area contributed by atoms with Crippen molar-refractivity contribution in [1.29, 1.82) is 0 Å². The van der Waals surface area contributed by atoms with Gasteiger partial charge in [0.1, 0.15) is 17.8 Å². The first-order valence-electron chi connectivity index (χ1n) is 6.58. The average molecular weight is 288 g/mol. The molecule has 21 heavy (non-hydrogen) atoms. The molecule has 1 atom stereocenters. The van der Waals surface area contributed by atoms with Crippen LogP contribution in [0.25, 0.3) is 11.5 Å². The summed E-state index contributed by atoms with van der Waals surface area (Å²) in [6.07, 6.45) is 10.7. The molecule has 3 aliphatic heterocycles. The van der Waals surface area contributed by atoms with E-state index in [4.69, 9.17) is 15.7 Å². The minimum Gasteiger partial charge on any atom is -0.394 e. The molecule has 8 nitrogen and oxygen atoms in total. The molecule has 3 N–H and O–H groups in total. The number of hydroxylamine groups is 2. The van der Waals surface area contributed by atoms with Gasteiger partial charge in [0.2, 0.25) is 0 Å². The number of rotatable bonds is 5. The number of imidazole rings is 1. The Labute approximate surface area is 121 Å². The van der Waals surface area contributed by atoms with E-state index in [9.17, 15) is 0 Å². The van der Waals surface area contributed by atoms with Gasteiger partial charge in [0.25, 0.3) is 0 Å². The van der Waals surface area contributed by atoms with Gasteiger partial charge in [-0.05, 0) is 6.08 Å². The molecule has 3 rings (SSSR count). The molecule has 0 aromatic carbocycles. The summed E-state index contributed by atoms with van der Waals surface area (Å²) in [7, 11) is 0. The van der Waals surface area contributed by atoms with Crippen molar-refractivity contribution in [3.05, 3.63) is 37.1 Å². The Balaban J connectivity index is 1.80. The van der Waals surface area contributed by atoms with Gasteiger partial charge in [-0.25, -0.2) is 15.0 Å². The van der Waals surface area contributed by atoms with Crippen LogP contribution in [0.3, 0.4) is 0 Å². The van der Waals surface area contributed by atoms with E-state index in [1.54, 1.807) is 16.0 Å². The summed E-state index contributed by atoms with van der Waals surface area (Å²) >= 11 is 0. The van der Waals surface area contributed by atoms with Crippen molar-refractivity contribution in [3.63, 3.8) is 0 Å². The summed E-state index contributed by atoms with van der Waals surface area (Å²) in [6, 6.07) is -0.0454. The molecular weight excluding hydrogens is 272 g/mol. The smallest absolute Gasteiger partial charge is 0.184 e. The van der Waals surface area contributed by atoms with E-state index in [2.05, 4.69) is 15.0 Å². The van der Waals surface area contributed by atoms with Crippen LogP contribution >= 0.6 is 0 Å². The summed E-state index contributed by atoms with van der Waals surface area (Å²) < 4.78 is 1.81. The number of anilines is 1. The first kappa shape index (κ1) is 13.5. The van der Waals surface area contributed by atoms with Crippen molar-refractivity contribution in [3.8, 4) is 11.5 Å². The van der Waals surface area contributed by atoms with E-state index in [-0.39, 0.29) is 19.3 Å². The molecule has 0 spiro atoms. The van der Waals surface area contributed by atoms with Crippen LogP contribution in [-0.4, -0.2) is 48.9 Å². The maximum atomic E-state index is 8.87. The maximum absolute atomic E-state index is 8.87. The van der Waals surface area contributed by atoms with E-state index in [0.29, 0.717) is 23.9 Å². The van der Waals surface area contributed by atoms with Gasteiger partial charge in [0.15, 0.2) is 5.82 Å². The van der Waals surface area contributed by atoms with Crippen molar-refractivity contribution in [2.75, 3.05) is 18.9 Å². The number of nitrogens with two attached hydrogens (primary N) is 1. The van der Waals surface area contributed by atoms with Crippen LogP contribution in [0.2, 0.25) is 0 Å². The number of hydrogen-bond acceptors (Lipinski definition) is 7. The molecule has 8 heteroatoms. The van der Waals surface area contributed by atoms with Gasteiger partial charge in [-0.15, -0.1) is 0 Å². The van der Waals surface area contributed by atoms with Crippen molar-refractivity contribution in [2.24, 2.45) is 0 Å². The van der Waals surface area contributed by atoms with Crippen molar-refractivity contribution < 1.29 is 9.94 Å². The molecule has 0 aromatic rings. The monoisotopic (exact) mass is 288 g/mol. The largest absolute Gasteiger partial charge is 0.394 e. The summed E-state index contributed by atoms with van der Waals surface area (Å²) in [5.41, 5.74) is 6.70. The van der Waals surface area contributed by atoms with Crippen LogP contribution < -0.4 is 5.73 Å². The fourth-order valence-corrected chi connectivity index (χ4v) is 2.15. The van der Waals surface area contributed by atoms with Gasteiger partial charge in [-0.1, -0.05) is 12.2 Å². The zero-order valence-corrected chi connectivity index (χ0v) is 11.3. The third kappa shape index (κ3) is 2.71. The molecule has 0 aromatic heterocycles. The molecule has 3 heterocycles. The first-order chi connectivity index (χ1) is 10.3. The van der Waals surface area contributed by atoms with Crippen molar-refractivity contribution in [2.45, 2.75) is 12.6 Å². The minimum absolute atomic E-state index is 0.0350. The Morgan fingerprint density at radius 1 is 1.29 bits per heavy atom. The quantitative estimate of drug-likeness (QED) is 0.800. The summed E-state index contributed by atoms with van der Waals surface area (Å²) in [5.74, 6) is 1.05. The topological polar surface area (TPSA) is 102 Å². The Morgan fingerprint density at radius 2 is 2.19 bits per heavy atom. The Bertz CT molecular complexity index is 638. The van der Waals surface area contributed by atoms with Crippen molar-refractivity contribution >= 4 is 5.82 Å². The molecule has 0 amide bonds. The molecule has 0 saturated heterocycles. The average Bonchev–Trinajstić information content (AvgIpc) is 2.98. The second-order valence-corrected chi connectivity index (χ2v) is 4.54. The second-order valence-electron chi connectivity index (χ2n) is 4.54. The normalized spacial score (nSPS) is 17.8. The molecule has 0 fully saturated rings. The second kappa shape index (κ2) is 5.90. The van der Waals surface area contributed by atoms with E-state index >= 15 is 0 Å². The standard InChI is InChI=1S/C13H16N6O2/c14-12-11-13(16-8-15-11)17-9-18(12)7-10-3-1-2-4-19(10)21-6-5-20/h1-4,8-10,20H,5-7,14H2. The number of aromatic nitrogens is 4. The van der Waals surface area contributed by atoms with Gasteiger partial charge >= 0.3 is 0 Å². The fourth-order valence-electron chi connectivity index (χ4n) is 2.15. The minimum atomic E-state index is -0.0454. The van der Waals surface area contributed by atoms with Gasteiger partial charge in [0, 0.05) is 6.20 Å². The lowest BCUT2D eigenvalue weighted by Crippen LogP contribution is -2.35. The molecule has 110 valence electrons. The van der Waals surface area contributed by atoms with E-state index in [1.165, 1.54) is 6.33 Å². The van der Waals surface area contributed by atoms with Gasteiger partial charge in [-0.3, -0.25) is 9.90 Å². The molecule has 0 bridgehead atoms. The lowest BCUT2D eigenvalue weighted by atomic mass is 10.2. The third-order valence-electron chi connectivity index (χ3n) is 3.17. The lowest BCUT2D eigenvalue weighted by molar-refractivity contribution is -0.149. The number of aliphatic hydroxyl groups is 1. The number of nitrogen functional groups attached to an aromatic ring is 1. The number of allylic oxidation sites excluding steroid dienone is 2. The predicted octanol–water partition coefficient (Wildman–Crippen LogP) is 0.0381. The summed E-state index contributed by atoms with van der Waals surface area (Å²) in [6.45, 7) is 0.751. The zero-order chi connectivity index (χ0) is 14.7. The van der Waals surface area contributed by atoms with Crippen molar-refractivity contribution in [1.82, 2.24) is 24.6 Å². The zero-order valence-electron chi connectivity index (χ0n) is 11.3.